The normalized spacial score (nSPS) is 12.6. The smallest absolute Gasteiger partial charge is 0.0834 e. The molecule has 1 heterocycles. The summed E-state index contributed by atoms with van der Waals surface area (Å²) in [5.74, 6) is 5.65. The van der Waals surface area contributed by atoms with Crippen LogP contribution < -0.4 is 11.3 Å². The van der Waals surface area contributed by atoms with Gasteiger partial charge in [0.25, 0.3) is 0 Å². The Morgan fingerprint density at radius 1 is 1.42 bits per heavy atom. The van der Waals surface area contributed by atoms with Gasteiger partial charge in [-0.25, -0.2) is 0 Å². The maximum atomic E-state index is 6.15. The third-order valence-corrected chi connectivity index (χ3v) is 3.72. The van der Waals surface area contributed by atoms with Crippen LogP contribution >= 0.6 is 11.6 Å². The van der Waals surface area contributed by atoms with Gasteiger partial charge in [0, 0.05) is 7.05 Å². The lowest BCUT2D eigenvalue weighted by atomic mass is 10.00. The molecular weight excluding hydrogens is 260 g/mol. The standard InChI is InChI=1S/C14H19ClN4/c1-10-5-3-4-6-11(10)7-8-13(18-16)14-12(15)9-17-19(14)2/h3-6,9,13,18H,7-8,16H2,1-2H3. The second kappa shape index (κ2) is 6.19. The molecule has 1 aromatic carbocycles. The Kier molecular flexibility index (Phi) is 4.58. The van der Waals surface area contributed by atoms with Crippen LogP contribution in [0.3, 0.4) is 0 Å². The molecule has 2 rings (SSSR count). The molecule has 102 valence electrons. The number of benzene rings is 1. The number of hydrogen-bond donors (Lipinski definition) is 2. The number of hydrazine groups is 1. The number of nitrogens with two attached hydrogens (primary N) is 1. The van der Waals surface area contributed by atoms with Gasteiger partial charge in [-0.1, -0.05) is 35.9 Å². The van der Waals surface area contributed by atoms with Crippen molar-refractivity contribution in [3.63, 3.8) is 0 Å². The highest BCUT2D eigenvalue weighted by Gasteiger charge is 2.17. The number of aromatic nitrogens is 2. The molecular formula is C14H19ClN4. The van der Waals surface area contributed by atoms with Gasteiger partial charge in [-0.15, -0.1) is 0 Å². The Bertz CT molecular complexity index is 531. The van der Waals surface area contributed by atoms with E-state index in [1.165, 1.54) is 11.1 Å². The first-order valence-corrected chi connectivity index (χ1v) is 6.69. The zero-order chi connectivity index (χ0) is 13.8. The molecule has 2 aromatic rings. The van der Waals surface area contributed by atoms with Crippen LogP contribution in [0, 0.1) is 6.92 Å². The summed E-state index contributed by atoms with van der Waals surface area (Å²) in [5.41, 5.74) is 6.39. The lowest BCUT2D eigenvalue weighted by Gasteiger charge is -2.17. The van der Waals surface area contributed by atoms with Crippen molar-refractivity contribution in [1.82, 2.24) is 15.2 Å². The van der Waals surface area contributed by atoms with Crippen molar-refractivity contribution < 1.29 is 0 Å². The summed E-state index contributed by atoms with van der Waals surface area (Å²) in [7, 11) is 1.87. The highest BCUT2D eigenvalue weighted by Crippen LogP contribution is 2.25. The lowest BCUT2D eigenvalue weighted by Crippen LogP contribution is -2.30. The first-order chi connectivity index (χ1) is 9.13. The second-order valence-corrected chi connectivity index (χ2v) is 5.09. The second-order valence-electron chi connectivity index (χ2n) is 4.69. The highest BCUT2D eigenvalue weighted by atomic mass is 35.5. The fraction of sp³-hybridized carbons (Fsp3) is 0.357. The molecule has 0 saturated heterocycles. The molecule has 19 heavy (non-hydrogen) atoms. The fourth-order valence-corrected chi connectivity index (χ4v) is 2.60. The quantitative estimate of drug-likeness (QED) is 0.653. The van der Waals surface area contributed by atoms with Crippen LogP contribution in [-0.4, -0.2) is 9.78 Å². The van der Waals surface area contributed by atoms with E-state index in [-0.39, 0.29) is 6.04 Å². The molecule has 0 radical (unpaired) electrons. The first kappa shape index (κ1) is 14.1. The van der Waals surface area contributed by atoms with Crippen LogP contribution in [-0.2, 0) is 13.5 Å². The Labute approximate surface area is 118 Å². The van der Waals surface area contributed by atoms with Gasteiger partial charge in [-0.3, -0.25) is 16.0 Å². The van der Waals surface area contributed by atoms with Crippen molar-refractivity contribution in [2.75, 3.05) is 0 Å². The van der Waals surface area contributed by atoms with Crippen molar-refractivity contribution >= 4 is 11.6 Å². The molecule has 1 unspecified atom stereocenters. The molecule has 0 bridgehead atoms. The SMILES string of the molecule is Cc1ccccc1CCC(NN)c1c(Cl)cnn1C. The van der Waals surface area contributed by atoms with E-state index in [9.17, 15) is 0 Å². The van der Waals surface area contributed by atoms with Crippen LogP contribution in [0.2, 0.25) is 5.02 Å². The van der Waals surface area contributed by atoms with Gasteiger partial charge in [0.1, 0.15) is 0 Å². The molecule has 5 heteroatoms. The molecule has 0 spiro atoms. The van der Waals surface area contributed by atoms with Crippen LogP contribution in [0.25, 0.3) is 0 Å². The van der Waals surface area contributed by atoms with Crippen molar-refractivity contribution in [1.29, 1.82) is 0 Å². The van der Waals surface area contributed by atoms with Gasteiger partial charge in [0.2, 0.25) is 0 Å². The van der Waals surface area contributed by atoms with E-state index in [2.05, 4.69) is 41.7 Å². The van der Waals surface area contributed by atoms with Gasteiger partial charge in [0.15, 0.2) is 0 Å². The Morgan fingerprint density at radius 3 is 2.74 bits per heavy atom. The van der Waals surface area contributed by atoms with Crippen molar-refractivity contribution in [3.05, 3.63) is 52.3 Å². The average Bonchev–Trinajstić information content (AvgIpc) is 2.73. The van der Waals surface area contributed by atoms with Gasteiger partial charge in [-0.05, 0) is 30.9 Å². The molecule has 0 aliphatic heterocycles. The Morgan fingerprint density at radius 2 is 2.16 bits per heavy atom. The van der Waals surface area contributed by atoms with E-state index >= 15 is 0 Å². The predicted molar refractivity (Wildman–Crippen MR) is 77.8 cm³/mol. The van der Waals surface area contributed by atoms with Crippen LogP contribution in [0.15, 0.2) is 30.5 Å². The number of hydrogen-bond acceptors (Lipinski definition) is 3. The molecule has 0 fully saturated rings. The van der Waals surface area contributed by atoms with E-state index in [4.69, 9.17) is 17.4 Å². The van der Waals surface area contributed by atoms with Crippen molar-refractivity contribution in [3.8, 4) is 0 Å². The van der Waals surface area contributed by atoms with Crippen molar-refractivity contribution in [2.24, 2.45) is 12.9 Å². The van der Waals surface area contributed by atoms with Gasteiger partial charge in [0.05, 0.1) is 23.0 Å². The summed E-state index contributed by atoms with van der Waals surface area (Å²) in [6.07, 6.45) is 3.47. The van der Waals surface area contributed by atoms with Crippen LogP contribution in [0.5, 0.6) is 0 Å². The van der Waals surface area contributed by atoms with Gasteiger partial charge in [-0.2, -0.15) is 5.10 Å². The summed E-state index contributed by atoms with van der Waals surface area (Å²) in [4.78, 5) is 0. The van der Waals surface area contributed by atoms with E-state index in [1.807, 2.05) is 7.05 Å². The topological polar surface area (TPSA) is 55.9 Å². The lowest BCUT2D eigenvalue weighted by molar-refractivity contribution is 0.480. The molecule has 0 saturated carbocycles. The fourth-order valence-electron chi connectivity index (χ4n) is 2.30. The van der Waals surface area contributed by atoms with Crippen LogP contribution in [0.1, 0.15) is 29.3 Å². The maximum Gasteiger partial charge on any atom is 0.0834 e. The minimum absolute atomic E-state index is 0.000365. The molecule has 3 N–H and O–H groups in total. The minimum atomic E-state index is -0.000365. The summed E-state index contributed by atoms with van der Waals surface area (Å²) in [6.45, 7) is 2.12. The molecule has 1 aromatic heterocycles. The summed E-state index contributed by atoms with van der Waals surface area (Å²) in [5, 5.41) is 4.80. The molecule has 0 aliphatic carbocycles. The number of rotatable bonds is 5. The molecule has 0 amide bonds. The Hall–Kier alpha value is -1.36. The third kappa shape index (κ3) is 3.15. The zero-order valence-corrected chi connectivity index (χ0v) is 12.0. The van der Waals surface area contributed by atoms with E-state index in [1.54, 1.807) is 10.9 Å². The first-order valence-electron chi connectivity index (χ1n) is 6.31. The monoisotopic (exact) mass is 278 g/mol. The molecule has 1 atom stereocenters. The number of halogens is 1. The minimum Gasteiger partial charge on any atom is -0.271 e. The van der Waals surface area contributed by atoms with Gasteiger partial charge < -0.3 is 0 Å². The summed E-state index contributed by atoms with van der Waals surface area (Å²) >= 11 is 6.15. The largest absolute Gasteiger partial charge is 0.271 e. The number of nitrogens with one attached hydrogen (secondary N) is 1. The van der Waals surface area contributed by atoms with E-state index in [0.29, 0.717) is 5.02 Å². The third-order valence-electron chi connectivity index (χ3n) is 3.43. The highest BCUT2D eigenvalue weighted by molar-refractivity contribution is 6.31. The van der Waals surface area contributed by atoms with E-state index < -0.39 is 0 Å². The molecule has 0 aliphatic rings. The Balaban J connectivity index is 2.11. The van der Waals surface area contributed by atoms with Crippen LogP contribution in [0.4, 0.5) is 0 Å². The summed E-state index contributed by atoms with van der Waals surface area (Å²) < 4.78 is 1.77. The number of nitrogens with zero attached hydrogens (tertiary/aromatic N) is 2. The van der Waals surface area contributed by atoms with Crippen molar-refractivity contribution in [2.45, 2.75) is 25.8 Å². The van der Waals surface area contributed by atoms with E-state index in [0.717, 1.165) is 18.5 Å². The molecule has 4 nitrogen and oxygen atoms in total. The predicted octanol–water partition coefficient (Wildman–Crippen LogP) is 2.52. The maximum absolute atomic E-state index is 6.15. The average molecular weight is 279 g/mol. The number of aryl methyl sites for hydroxylation is 3. The van der Waals surface area contributed by atoms with Gasteiger partial charge >= 0.3 is 0 Å². The summed E-state index contributed by atoms with van der Waals surface area (Å²) in [6, 6.07) is 8.38. The zero-order valence-electron chi connectivity index (χ0n) is 11.2.